The van der Waals surface area contributed by atoms with Crippen LogP contribution in [-0.4, -0.2) is 5.91 Å². The molecular weight excluding hydrogens is 410 g/mol. The molecule has 0 saturated carbocycles. The number of hydrogen-bond acceptors (Lipinski definition) is 3. The number of aryl methyl sites for hydroxylation is 2. The van der Waals surface area contributed by atoms with Crippen molar-refractivity contribution >= 4 is 34.2 Å². The highest BCUT2D eigenvalue weighted by molar-refractivity contribution is 6.30. The van der Waals surface area contributed by atoms with Crippen LogP contribution in [0.3, 0.4) is 0 Å². The number of fused-ring (bicyclic) bond motifs is 2. The number of hydrogen-bond donors (Lipinski definition) is 0. The van der Waals surface area contributed by atoms with Gasteiger partial charge in [0.25, 0.3) is 5.91 Å². The second-order valence-corrected chi connectivity index (χ2v) is 8.26. The molecule has 1 aliphatic heterocycles. The van der Waals surface area contributed by atoms with Crippen molar-refractivity contribution < 1.29 is 9.21 Å². The first-order valence-electron chi connectivity index (χ1n) is 10.2. The molecule has 4 aromatic rings. The van der Waals surface area contributed by atoms with E-state index < -0.39 is 6.04 Å². The zero-order valence-corrected chi connectivity index (χ0v) is 17.9. The average Bonchev–Trinajstić information content (AvgIpc) is 3.07. The highest BCUT2D eigenvalue weighted by atomic mass is 35.5. The summed E-state index contributed by atoms with van der Waals surface area (Å²) in [5.74, 6) is -0.241. The van der Waals surface area contributed by atoms with Gasteiger partial charge in [0.05, 0.1) is 17.0 Å². The Hall–Kier alpha value is -3.37. The summed E-state index contributed by atoms with van der Waals surface area (Å²) in [5.41, 5.74) is 4.17. The third kappa shape index (κ3) is 3.15. The van der Waals surface area contributed by atoms with Gasteiger partial charge in [0, 0.05) is 10.7 Å². The molecule has 1 aromatic heterocycles. The van der Waals surface area contributed by atoms with Gasteiger partial charge in [-0.2, -0.15) is 0 Å². The molecule has 154 valence electrons. The fourth-order valence-electron chi connectivity index (χ4n) is 4.24. The van der Waals surface area contributed by atoms with E-state index in [1.165, 1.54) is 5.56 Å². The average molecular weight is 430 g/mol. The number of carbonyl (C=O) groups excluding carboxylic acids is 1. The van der Waals surface area contributed by atoms with E-state index >= 15 is 0 Å². The number of carbonyl (C=O) groups is 1. The Bertz CT molecular complexity index is 1390. The fraction of sp³-hybridized carbons (Fsp3) is 0.154. The van der Waals surface area contributed by atoms with Crippen LogP contribution in [-0.2, 0) is 6.42 Å². The largest absolute Gasteiger partial charge is 0.450 e. The molecule has 5 heteroatoms. The van der Waals surface area contributed by atoms with Crippen LogP contribution < -0.4 is 10.3 Å². The smallest absolute Gasteiger partial charge is 0.295 e. The molecule has 1 atom stereocenters. The molecule has 5 rings (SSSR count). The number of nitrogens with zero attached hydrogens (tertiary/aromatic N) is 1. The Morgan fingerprint density at radius 3 is 2.48 bits per heavy atom. The van der Waals surface area contributed by atoms with Crippen molar-refractivity contribution in [2.75, 3.05) is 4.90 Å². The van der Waals surface area contributed by atoms with Crippen molar-refractivity contribution in [1.29, 1.82) is 0 Å². The third-order valence-corrected chi connectivity index (χ3v) is 6.05. The molecule has 1 unspecified atom stereocenters. The quantitative estimate of drug-likeness (QED) is 0.397. The Morgan fingerprint density at radius 2 is 1.77 bits per heavy atom. The molecular formula is C26H20ClNO3. The lowest BCUT2D eigenvalue weighted by atomic mass is 9.98. The van der Waals surface area contributed by atoms with E-state index in [9.17, 15) is 9.59 Å². The van der Waals surface area contributed by atoms with E-state index in [0.717, 1.165) is 17.5 Å². The van der Waals surface area contributed by atoms with E-state index in [1.54, 1.807) is 29.2 Å². The molecule has 3 aromatic carbocycles. The van der Waals surface area contributed by atoms with Crippen LogP contribution in [0, 0.1) is 6.92 Å². The second kappa shape index (κ2) is 7.40. The maximum atomic E-state index is 13.6. The first-order chi connectivity index (χ1) is 15.0. The molecule has 0 spiro atoms. The minimum atomic E-state index is -0.616. The molecule has 4 nitrogen and oxygen atoms in total. The van der Waals surface area contributed by atoms with Gasteiger partial charge in [-0.25, -0.2) is 0 Å². The molecule has 0 radical (unpaired) electrons. The van der Waals surface area contributed by atoms with Crippen molar-refractivity contribution in [3.05, 3.63) is 110 Å². The number of rotatable bonds is 3. The van der Waals surface area contributed by atoms with Crippen molar-refractivity contribution in [1.82, 2.24) is 0 Å². The maximum absolute atomic E-state index is 13.6. The Balaban J connectivity index is 1.80. The standard InChI is InChI=1S/C26H20ClNO3/c1-3-16-8-10-19(11-9-16)28-23(17-5-4-6-18(27)14-17)22-24(29)20-13-15(2)7-12-21(20)31-25(22)26(28)30/h4-14,23H,3H2,1-2H3. The van der Waals surface area contributed by atoms with Gasteiger partial charge in [0.2, 0.25) is 5.76 Å². The topological polar surface area (TPSA) is 50.5 Å². The summed E-state index contributed by atoms with van der Waals surface area (Å²) in [4.78, 5) is 28.8. The van der Waals surface area contributed by atoms with Crippen molar-refractivity contribution in [3.8, 4) is 0 Å². The summed E-state index contributed by atoms with van der Waals surface area (Å²) in [5, 5.41) is 1.02. The number of anilines is 1. The molecule has 0 bridgehead atoms. The SMILES string of the molecule is CCc1ccc(N2C(=O)c3oc4ccc(C)cc4c(=O)c3C2c2cccc(Cl)c2)cc1. The third-order valence-electron chi connectivity index (χ3n) is 5.81. The molecule has 1 aliphatic rings. The summed E-state index contributed by atoms with van der Waals surface area (Å²) < 4.78 is 6.01. The van der Waals surface area contributed by atoms with Gasteiger partial charge in [0.15, 0.2) is 5.43 Å². The van der Waals surface area contributed by atoms with Crippen LogP contribution in [0.1, 0.15) is 45.8 Å². The molecule has 1 amide bonds. The monoisotopic (exact) mass is 429 g/mol. The van der Waals surface area contributed by atoms with Crippen molar-refractivity contribution in [2.45, 2.75) is 26.3 Å². The van der Waals surface area contributed by atoms with Gasteiger partial charge in [0.1, 0.15) is 5.58 Å². The lowest BCUT2D eigenvalue weighted by Crippen LogP contribution is -2.29. The summed E-state index contributed by atoms with van der Waals surface area (Å²) in [6, 6.07) is 19.9. The van der Waals surface area contributed by atoms with Gasteiger partial charge in [-0.05, 0) is 60.9 Å². The number of halogens is 1. The molecule has 2 heterocycles. The van der Waals surface area contributed by atoms with E-state index in [-0.39, 0.29) is 17.1 Å². The van der Waals surface area contributed by atoms with E-state index in [1.807, 2.05) is 49.4 Å². The Kier molecular flexibility index (Phi) is 4.67. The molecule has 0 saturated heterocycles. The first-order valence-corrected chi connectivity index (χ1v) is 10.6. The molecule has 0 fully saturated rings. The minimum Gasteiger partial charge on any atom is -0.450 e. The highest BCUT2D eigenvalue weighted by Gasteiger charge is 2.43. The Labute approximate surface area is 184 Å². The lowest BCUT2D eigenvalue weighted by molar-refractivity contribution is 0.0971. The predicted octanol–water partition coefficient (Wildman–Crippen LogP) is 6.07. The fourth-order valence-corrected chi connectivity index (χ4v) is 4.44. The van der Waals surface area contributed by atoms with Crippen LogP contribution in [0.4, 0.5) is 5.69 Å². The summed E-state index contributed by atoms with van der Waals surface area (Å²) in [6.45, 7) is 4.00. The number of amides is 1. The second-order valence-electron chi connectivity index (χ2n) is 7.83. The lowest BCUT2D eigenvalue weighted by Gasteiger charge is -2.25. The van der Waals surface area contributed by atoms with Gasteiger partial charge >= 0.3 is 0 Å². The summed E-state index contributed by atoms with van der Waals surface area (Å²) >= 11 is 6.27. The van der Waals surface area contributed by atoms with Crippen LogP contribution in [0.25, 0.3) is 11.0 Å². The molecule has 31 heavy (non-hydrogen) atoms. The Morgan fingerprint density at radius 1 is 1.00 bits per heavy atom. The van der Waals surface area contributed by atoms with E-state index in [4.69, 9.17) is 16.0 Å². The van der Waals surface area contributed by atoms with Crippen LogP contribution in [0.5, 0.6) is 0 Å². The van der Waals surface area contributed by atoms with Crippen LogP contribution in [0.15, 0.2) is 75.9 Å². The zero-order chi connectivity index (χ0) is 21.7. The van der Waals surface area contributed by atoms with Crippen LogP contribution in [0.2, 0.25) is 5.02 Å². The predicted molar refractivity (Wildman–Crippen MR) is 123 cm³/mol. The van der Waals surface area contributed by atoms with Crippen molar-refractivity contribution in [3.63, 3.8) is 0 Å². The zero-order valence-electron chi connectivity index (χ0n) is 17.2. The summed E-state index contributed by atoms with van der Waals surface area (Å²) in [7, 11) is 0. The van der Waals surface area contributed by atoms with Crippen molar-refractivity contribution in [2.24, 2.45) is 0 Å². The van der Waals surface area contributed by atoms with Gasteiger partial charge in [-0.3, -0.25) is 14.5 Å². The van der Waals surface area contributed by atoms with E-state index in [2.05, 4.69) is 6.92 Å². The number of benzene rings is 3. The summed E-state index contributed by atoms with van der Waals surface area (Å²) in [6.07, 6.45) is 0.900. The minimum absolute atomic E-state index is 0.0888. The maximum Gasteiger partial charge on any atom is 0.295 e. The normalized spacial score (nSPS) is 15.5. The van der Waals surface area contributed by atoms with Crippen LogP contribution >= 0.6 is 11.6 Å². The van der Waals surface area contributed by atoms with E-state index in [0.29, 0.717) is 27.2 Å². The van der Waals surface area contributed by atoms with Gasteiger partial charge < -0.3 is 4.42 Å². The molecule has 0 N–H and O–H groups in total. The highest BCUT2D eigenvalue weighted by Crippen LogP contribution is 2.41. The van der Waals surface area contributed by atoms with Gasteiger partial charge in [-0.1, -0.05) is 54.4 Å². The van der Waals surface area contributed by atoms with Gasteiger partial charge in [-0.15, -0.1) is 0 Å². The first kappa shape index (κ1) is 19.6. The molecule has 0 aliphatic carbocycles.